The van der Waals surface area contributed by atoms with Crippen LogP contribution in [0.2, 0.25) is 0 Å². The van der Waals surface area contributed by atoms with Crippen molar-refractivity contribution in [3.63, 3.8) is 0 Å². The molecule has 0 atom stereocenters. The predicted molar refractivity (Wildman–Crippen MR) is 51.0 cm³/mol. The van der Waals surface area contributed by atoms with Gasteiger partial charge in [0.1, 0.15) is 5.69 Å². The highest BCUT2D eigenvalue weighted by Crippen LogP contribution is 2.26. The molecule has 72 valence electrons. The number of aromatic nitrogens is 2. The van der Waals surface area contributed by atoms with Crippen LogP contribution in [0.1, 0.15) is 32.9 Å². The molecule has 1 aromatic rings. The van der Waals surface area contributed by atoms with Gasteiger partial charge in [-0.2, -0.15) is 5.10 Å². The van der Waals surface area contributed by atoms with Crippen LogP contribution in [0.4, 0.5) is 0 Å². The molecule has 0 radical (unpaired) electrons. The summed E-state index contributed by atoms with van der Waals surface area (Å²) >= 11 is 0. The first-order valence-electron chi connectivity index (χ1n) is 4.79. The van der Waals surface area contributed by atoms with Crippen molar-refractivity contribution in [2.75, 3.05) is 6.61 Å². The Labute approximate surface area is 78.7 Å². The number of ether oxygens (including phenoxy) is 1. The Bertz CT molecular complexity index is 286. The van der Waals surface area contributed by atoms with E-state index in [0.717, 1.165) is 30.9 Å². The Morgan fingerprint density at radius 1 is 1.46 bits per heavy atom. The van der Waals surface area contributed by atoms with Crippen LogP contribution in [0.3, 0.4) is 0 Å². The van der Waals surface area contributed by atoms with Crippen LogP contribution in [-0.2, 0) is 12.0 Å². The van der Waals surface area contributed by atoms with Crippen molar-refractivity contribution in [2.45, 2.75) is 39.2 Å². The second-order valence-electron chi connectivity index (χ2n) is 4.51. The highest BCUT2D eigenvalue weighted by molar-refractivity contribution is 5.26. The lowest BCUT2D eigenvalue weighted by molar-refractivity contribution is 0.287. The minimum atomic E-state index is 0.0562. The second kappa shape index (κ2) is 2.76. The molecule has 0 spiro atoms. The number of hydrogen-bond acceptors (Lipinski definition) is 2. The first-order valence-corrected chi connectivity index (χ1v) is 4.79. The van der Waals surface area contributed by atoms with Gasteiger partial charge in [0.05, 0.1) is 18.3 Å². The molecule has 0 bridgehead atoms. The minimum absolute atomic E-state index is 0.0562. The fourth-order valence-corrected chi connectivity index (χ4v) is 1.45. The number of nitrogens with zero attached hydrogens (tertiary/aromatic N) is 2. The smallest absolute Gasteiger partial charge is 0.160 e. The third-order valence-electron chi connectivity index (χ3n) is 2.26. The molecule has 3 heteroatoms. The van der Waals surface area contributed by atoms with Gasteiger partial charge in [-0.1, -0.05) is 0 Å². The number of fused-ring (bicyclic) bond motifs is 1. The number of hydrogen-bond donors (Lipinski definition) is 0. The molecule has 0 aromatic carbocycles. The van der Waals surface area contributed by atoms with Crippen LogP contribution in [0.15, 0.2) is 6.20 Å². The van der Waals surface area contributed by atoms with Crippen molar-refractivity contribution < 1.29 is 4.74 Å². The van der Waals surface area contributed by atoms with Crippen molar-refractivity contribution in [1.82, 2.24) is 9.78 Å². The van der Waals surface area contributed by atoms with Gasteiger partial charge in [-0.3, -0.25) is 4.68 Å². The molecular formula is C10H16N2O. The maximum absolute atomic E-state index is 5.52. The molecule has 3 nitrogen and oxygen atoms in total. The monoisotopic (exact) mass is 180 g/mol. The van der Waals surface area contributed by atoms with E-state index in [9.17, 15) is 0 Å². The van der Waals surface area contributed by atoms with Gasteiger partial charge in [0.25, 0.3) is 0 Å². The third kappa shape index (κ3) is 1.55. The first-order chi connectivity index (χ1) is 6.07. The molecular weight excluding hydrogens is 164 g/mol. The summed E-state index contributed by atoms with van der Waals surface area (Å²) in [4.78, 5) is 0. The van der Waals surface area contributed by atoms with E-state index in [1.807, 2.05) is 10.9 Å². The molecule has 0 amide bonds. The summed E-state index contributed by atoms with van der Waals surface area (Å²) in [5.41, 5.74) is 1.17. The summed E-state index contributed by atoms with van der Waals surface area (Å²) < 4.78 is 7.50. The largest absolute Gasteiger partial charge is 0.490 e. The summed E-state index contributed by atoms with van der Waals surface area (Å²) in [6, 6.07) is 0. The van der Waals surface area contributed by atoms with Crippen molar-refractivity contribution in [1.29, 1.82) is 0 Å². The SMILES string of the molecule is CC(C)(C)n1cc2c(n1)CCCO2. The van der Waals surface area contributed by atoms with Crippen LogP contribution in [0, 0.1) is 0 Å². The first kappa shape index (κ1) is 8.60. The lowest BCUT2D eigenvalue weighted by Gasteiger charge is -2.18. The van der Waals surface area contributed by atoms with Crippen molar-refractivity contribution in [3.05, 3.63) is 11.9 Å². The molecule has 1 aliphatic rings. The Morgan fingerprint density at radius 2 is 2.23 bits per heavy atom. The number of rotatable bonds is 0. The van der Waals surface area contributed by atoms with Gasteiger partial charge in [0, 0.05) is 0 Å². The third-order valence-corrected chi connectivity index (χ3v) is 2.26. The molecule has 0 aliphatic carbocycles. The zero-order valence-electron chi connectivity index (χ0n) is 8.50. The van der Waals surface area contributed by atoms with E-state index in [0.29, 0.717) is 0 Å². The van der Waals surface area contributed by atoms with Crippen LogP contribution < -0.4 is 4.74 Å². The molecule has 0 saturated carbocycles. The fraction of sp³-hybridized carbons (Fsp3) is 0.700. The Hall–Kier alpha value is -0.990. The van der Waals surface area contributed by atoms with E-state index in [1.54, 1.807) is 0 Å². The fourth-order valence-electron chi connectivity index (χ4n) is 1.45. The zero-order chi connectivity index (χ0) is 9.47. The normalized spacial score (nSPS) is 16.5. The highest BCUT2D eigenvalue weighted by atomic mass is 16.5. The van der Waals surface area contributed by atoms with Crippen LogP contribution >= 0.6 is 0 Å². The van der Waals surface area contributed by atoms with Gasteiger partial charge in [-0.15, -0.1) is 0 Å². The predicted octanol–water partition coefficient (Wildman–Crippen LogP) is 1.96. The van der Waals surface area contributed by atoms with Crippen molar-refractivity contribution in [2.24, 2.45) is 0 Å². The average molecular weight is 180 g/mol. The van der Waals surface area contributed by atoms with Crippen LogP contribution in [-0.4, -0.2) is 16.4 Å². The van der Waals surface area contributed by atoms with Gasteiger partial charge in [-0.05, 0) is 33.6 Å². The Morgan fingerprint density at radius 3 is 2.85 bits per heavy atom. The van der Waals surface area contributed by atoms with E-state index in [-0.39, 0.29) is 5.54 Å². The molecule has 0 fully saturated rings. The maximum Gasteiger partial charge on any atom is 0.160 e. The quantitative estimate of drug-likeness (QED) is 0.610. The van der Waals surface area contributed by atoms with Crippen LogP contribution in [0.25, 0.3) is 0 Å². The van der Waals surface area contributed by atoms with Gasteiger partial charge in [0.2, 0.25) is 0 Å². The maximum atomic E-state index is 5.52. The lowest BCUT2D eigenvalue weighted by Crippen LogP contribution is -2.22. The second-order valence-corrected chi connectivity index (χ2v) is 4.51. The Balaban J connectivity index is 2.36. The standard InChI is InChI=1S/C10H16N2O/c1-10(2,3)12-7-9-8(11-12)5-4-6-13-9/h7H,4-6H2,1-3H3. The van der Waals surface area contributed by atoms with E-state index in [2.05, 4.69) is 25.9 Å². The van der Waals surface area contributed by atoms with Gasteiger partial charge in [-0.25, -0.2) is 0 Å². The molecule has 1 aliphatic heterocycles. The summed E-state index contributed by atoms with van der Waals surface area (Å²) in [6.45, 7) is 7.27. The number of aryl methyl sites for hydroxylation is 1. The molecule has 1 aromatic heterocycles. The Kier molecular flexibility index (Phi) is 1.82. The summed E-state index contributed by atoms with van der Waals surface area (Å²) in [6.07, 6.45) is 4.15. The highest BCUT2D eigenvalue weighted by Gasteiger charge is 2.20. The zero-order valence-corrected chi connectivity index (χ0v) is 8.50. The molecule has 0 N–H and O–H groups in total. The summed E-state index contributed by atoms with van der Waals surface area (Å²) in [5.74, 6) is 0.973. The topological polar surface area (TPSA) is 27.1 Å². The van der Waals surface area contributed by atoms with E-state index < -0.39 is 0 Å². The van der Waals surface area contributed by atoms with E-state index >= 15 is 0 Å². The lowest BCUT2D eigenvalue weighted by atomic mass is 10.1. The van der Waals surface area contributed by atoms with E-state index in [1.165, 1.54) is 0 Å². The van der Waals surface area contributed by atoms with Crippen molar-refractivity contribution >= 4 is 0 Å². The minimum Gasteiger partial charge on any atom is -0.490 e. The van der Waals surface area contributed by atoms with Crippen LogP contribution in [0.5, 0.6) is 5.75 Å². The molecule has 0 saturated heterocycles. The average Bonchev–Trinajstić information content (AvgIpc) is 2.45. The molecule has 2 heterocycles. The summed E-state index contributed by atoms with van der Waals surface area (Å²) in [5, 5.41) is 4.51. The molecule has 2 rings (SSSR count). The van der Waals surface area contributed by atoms with Gasteiger partial charge >= 0.3 is 0 Å². The van der Waals surface area contributed by atoms with Gasteiger partial charge < -0.3 is 4.74 Å². The summed E-state index contributed by atoms with van der Waals surface area (Å²) in [7, 11) is 0. The van der Waals surface area contributed by atoms with Crippen molar-refractivity contribution in [3.8, 4) is 5.75 Å². The molecule has 13 heavy (non-hydrogen) atoms. The van der Waals surface area contributed by atoms with Gasteiger partial charge in [0.15, 0.2) is 5.75 Å². The van der Waals surface area contributed by atoms with E-state index in [4.69, 9.17) is 4.74 Å². The molecule has 0 unspecified atom stereocenters.